The third-order valence-electron chi connectivity index (χ3n) is 5.31. The average molecular weight is 396 g/mol. The monoisotopic (exact) mass is 395 g/mol. The van der Waals surface area contributed by atoms with E-state index in [0.29, 0.717) is 12.3 Å². The minimum Gasteiger partial charge on any atom is -0.477 e. The van der Waals surface area contributed by atoms with Gasteiger partial charge in [0, 0.05) is 12.6 Å². The topological polar surface area (TPSA) is 70.7 Å². The molecule has 2 aliphatic rings. The number of anilines is 1. The van der Waals surface area contributed by atoms with Crippen molar-refractivity contribution in [3.05, 3.63) is 24.3 Å². The summed E-state index contributed by atoms with van der Waals surface area (Å²) in [6, 6.07) is 7.61. The Morgan fingerprint density at radius 2 is 2.04 bits per heavy atom. The van der Waals surface area contributed by atoms with Crippen LogP contribution in [0.3, 0.4) is 0 Å². The maximum Gasteiger partial charge on any atom is 0.263 e. The van der Waals surface area contributed by atoms with Gasteiger partial charge in [-0.1, -0.05) is 26.0 Å². The first-order valence-corrected chi connectivity index (χ1v) is 9.72. The summed E-state index contributed by atoms with van der Waals surface area (Å²) >= 11 is 0. The van der Waals surface area contributed by atoms with Gasteiger partial charge in [-0.15, -0.1) is 12.4 Å². The molecule has 2 amide bonds. The number of rotatable bonds is 5. The number of carbonyl (C=O) groups excluding carboxylic acids is 2. The van der Waals surface area contributed by atoms with E-state index in [1.54, 1.807) is 4.90 Å². The number of amides is 2. The first-order chi connectivity index (χ1) is 12.6. The molecule has 0 spiro atoms. The van der Waals surface area contributed by atoms with Crippen LogP contribution < -0.4 is 20.3 Å². The highest BCUT2D eigenvalue weighted by Crippen LogP contribution is 2.34. The summed E-state index contributed by atoms with van der Waals surface area (Å²) in [5, 5.41) is 6.34. The highest BCUT2D eigenvalue weighted by molar-refractivity contribution is 5.98. The molecule has 1 aromatic carbocycles. The normalized spacial score (nSPS) is 21.7. The summed E-state index contributed by atoms with van der Waals surface area (Å²) in [5.41, 5.74) is 0.759. The van der Waals surface area contributed by atoms with Crippen molar-refractivity contribution in [3.8, 4) is 5.75 Å². The van der Waals surface area contributed by atoms with E-state index in [1.165, 1.54) is 0 Å². The number of fused-ring (bicyclic) bond motifs is 1. The van der Waals surface area contributed by atoms with Crippen molar-refractivity contribution in [3.63, 3.8) is 0 Å². The number of benzene rings is 1. The van der Waals surface area contributed by atoms with Gasteiger partial charge in [0.15, 0.2) is 6.10 Å². The van der Waals surface area contributed by atoms with E-state index < -0.39 is 6.10 Å². The zero-order chi connectivity index (χ0) is 18.5. The molecule has 2 aliphatic heterocycles. The second-order valence-electron chi connectivity index (χ2n) is 7.09. The predicted molar refractivity (Wildman–Crippen MR) is 109 cm³/mol. The first-order valence-electron chi connectivity index (χ1n) is 9.72. The zero-order valence-corrected chi connectivity index (χ0v) is 16.9. The van der Waals surface area contributed by atoms with Gasteiger partial charge in [0.1, 0.15) is 5.75 Å². The van der Waals surface area contributed by atoms with Crippen LogP contribution in [0.1, 0.15) is 39.5 Å². The second-order valence-corrected chi connectivity index (χ2v) is 7.09. The van der Waals surface area contributed by atoms with E-state index in [-0.39, 0.29) is 42.7 Å². The molecular weight excluding hydrogens is 366 g/mol. The molecule has 2 atom stereocenters. The zero-order valence-electron chi connectivity index (χ0n) is 16.1. The minimum absolute atomic E-state index is 0. The molecule has 1 fully saturated rings. The molecule has 7 heteroatoms. The summed E-state index contributed by atoms with van der Waals surface area (Å²) < 4.78 is 5.93. The van der Waals surface area contributed by atoms with E-state index >= 15 is 0 Å². The predicted octanol–water partition coefficient (Wildman–Crippen LogP) is 2.51. The smallest absolute Gasteiger partial charge is 0.263 e. The maximum absolute atomic E-state index is 13.1. The van der Waals surface area contributed by atoms with Gasteiger partial charge in [-0.05, 0) is 44.4 Å². The summed E-state index contributed by atoms with van der Waals surface area (Å²) in [6.07, 6.45) is 2.96. The largest absolute Gasteiger partial charge is 0.477 e. The van der Waals surface area contributed by atoms with Crippen LogP contribution in [0.15, 0.2) is 24.3 Å². The molecule has 150 valence electrons. The van der Waals surface area contributed by atoms with Crippen LogP contribution in [0, 0.1) is 5.92 Å². The molecule has 2 unspecified atom stereocenters. The van der Waals surface area contributed by atoms with E-state index in [9.17, 15) is 9.59 Å². The van der Waals surface area contributed by atoms with Gasteiger partial charge in [0.05, 0.1) is 18.2 Å². The number of ether oxygens (including phenoxy) is 1. The molecule has 6 nitrogen and oxygen atoms in total. The van der Waals surface area contributed by atoms with Gasteiger partial charge >= 0.3 is 0 Å². The number of carbonyl (C=O) groups is 2. The molecule has 27 heavy (non-hydrogen) atoms. The molecule has 2 heterocycles. The minimum atomic E-state index is -0.675. The van der Waals surface area contributed by atoms with Crippen molar-refractivity contribution in [2.24, 2.45) is 5.92 Å². The van der Waals surface area contributed by atoms with Gasteiger partial charge in [-0.3, -0.25) is 9.59 Å². The standard InChI is InChI=1S/C20H29N3O3.ClH/c1-3-15(4-2)22-19(24)18-13-23(16-9-5-6-10-17(16)26-18)20(25)14-8-7-11-21-12-14;/h5-6,9-10,14-15,18,21H,3-4,7-8,11-13H2,1-2H3,(H,22,24);1H. The quantitative estimate of drug-likeness (QED) is 0.803. The summed E-state index contributed by atoms with van der Waals surface area (Å²) in [5.74, 6) is 0.485. The van der Waals surface area contributed by atoms with Crippen LogP contribution in [0.5, 0.6) is 5.75 Å². The lowest BCUT2D eigenvalue weighted by molar-refractivity contribution is -0.129. The highest BCUT2D eigenvalue weighted by Gasteiger charge is 2.36. The van der Waals surface area contributed by atoms with Crippen LogP contribution in [-0.4, -0.2) is 43.6 Å². The lowest BCUT2D eigenvalue weighted by Gasteiger charge is -2.37. The Morgan fingerprint density at radius 1 is 1.30 bits per heavy atom. The van der Waals surface area contributed by atoms with Crippen LogP contribution in [0.2, 0.25) is 0 Å². The lowest BCUT2D eigenvalue weighted by atomic mass is 9.97. The third kappa shape index (κ3) is 4.93. The second kappa shape index (κ2) is 9.95. The van der Waals surface area contributed by atoms with Crippen molar-refractivity contribution >= 4 is 29.9 Å². The number of para-hydroxylation sites is 2. The molecular formula is C20H30ClN3O3. The van der Waals surface area contributed by atoms with Crippen molar-refractivity contribution in [2.75, 3.05) is 24.5 Å². The van der Waals surface area contributed by atoms with Gasteiger partial charge in [-0.2, -0.15) is 0 Å². The van der Waals surface area contributed by atoms with E-state index in [0.717, 1.165) is 37.9 Å². The van der Waals surface area contributed by atoms with Gasteiger partial charge in [0.25, 0.3) is 5.91 Å². The number of halogens is 1. The Kier molecular flexibility index (Phi) is 7.92. The molecule has 1 aromatic rings. The Bertz CT molecular complexity index is 645. The number of hydrogen-bond acceptors (Lipinski definition) is 4. The molecule has 2 N–H and O–H groups in total. The molecule has 0 aromatic heterocycles. The number of nitrogens with zero attached hydrogens (tertiary/aromatic N) is 1. The van der Waals surface area contributed by atoms with Crippen molar-refractivity contribution in [1.29, 1.82) is 0 Å². The van der Waals surface area contributed by atoms with Gasteiger partial charge < -0.3 is 20.3 Å². The lowest BCUT2D eigenvalue weighted by Crippen LogP contribution is -2.54. The van der Waals surface area contributed by atoms with E-state index in [1.807, 2.05) is 24.3 Å². The molecule has 0 aliphatic carbocycles. The van der Waals surface area contributed by atoms with Crippen LogP contribution in [0.25, 0.3) is 0 Å². The number of nitrogens with one attached hydrogen (secondary N) is 2. The number of piperidine rings is 1. The summed E-state index contributed by atoms with van der Waals surface area (Å²) in [6.45, 7) is 6.03. The molecule has 0 radical (unpaired) electrons. The maximum atomic E-state index is 13.1. The third-order valence-corrected chi connectivity index (χ3v) is 5.31. The Balaban J connectivity index is 0.00000261. The van der Waals surface area contributed by atoms with E-state index in [2.05, 4.69) is 24.5 Å². The van der Waals surface area contributed by atoms with Crippen LogP contribution in [0.4, 0.5) is 5.69 Å². The van der Waals surface area contributed by atoms with Crippen LogP contribution >= 0.6 is 12.4 Å². The highest BCUT2D eigenvalue weighted by atomic mass is 35.5. The van der Waals surface area contributed by atoms with Crippen LogP contribution in [-0.2, 0) is 9.59 Å². The molecule has 1 saturated heterocycles. The summed E-state index contributed by atoms with van der Waals surface area (Å²) in [4.78, 5) is 27.6. The molecule has 0 bridgehead atoms. The fourth-order valence-electron chi connectivity index (χ4n) is 3.65. The number of hydrogen-bond donors (Lipinski definition) is 2. The first kappa shape index (κ1) is 21.5. The fraction of sp³-hybridized carbons (Fsp3) is 0.600. The van der Waals surface area contributed by atoms with Crippen molar-refractivity contribution in [2.45, 2.75) is 51.7 Å². The van der Waals surface area contributed by atoms with Gasteiger partial charge in [0.2, 0.25) is 5.91 Å². The summed E-state index contributed by atoms with van der Waals surface area (Å²) in [7, 11) is 0. The van der Waals surface area contributed by atoms with E-state index in [4.69, 9.17) is 4.74 Å². The molecule has 0 saturated carbocycles. The Hall–Kier alpha value is -1.79. The van der Waals surface area contributed by atoms with Gasteiger partial charge in [-0.25, -0.2) is 0 Å². The Labute approximate surface area is 167 Å². The Morgan fingerprint density at radius 3 is 2.70 bits per heavy atom. The molecule has 3 rings (SSSR count). The van der Waals surface area contributed by atoms with Crippen molar-refractivity contribution < 1.29 is 14.3 Å². The fourth-order valence-corrected chi connectivity index (χ4v) is 3.65. The van der Waals surface area contributed by atoms with Crippen molar-refractivity contribution in [1.82, 2.24) is 10.6 Å². The average Bonchev–Trinajstić information content (AvgIpc) is 2.71. The SMILES string of the molecule is CCC(CC)NC(=O)C1CN(C(=O)C2CCCNC2)c2ccccc2O1.Cl.